The van der Waals surface area contributed by atoms with E-state index < -0.39 is 0 Å². The predicted molar refractivity (Wildman–Crippen MR) is 68.0 cm³/mol. The van der Waals surface area contributed by atoms with Gasteiger partial charge in [-0.2, -0.15) is 0 Å². The molecule has 1 rings (SSSR count). The summed E-state index contributed by atoms with van der Waals surface area (Å²) in [7, 11) is 0. The average Bonchev–Trinajstić information content (AvgIpc) is 2.47. The van der Waals surface area contributed by atoms with E-state index in [1.807, 2.05) is 0 Å². The van der Waals surface area contributed by atoms with Crippen molar-refractivity contribution in [3.8, 4) is 0 Å². The molecule has 1 saturated heterocycles. The van der Waals surface area contributed by atoms with Crippen molar-refractivity contribution in [1.29, 1.82) is 0 Å². The van der Waals surface area contributed by atoms with Crippen molar-refractivity contribution in [2.75, 3.05) is 13.1 Å². The van der Waals surface area contributed by atoms with E-state index in [1.165, 1.54) is 19.5 Å². The van der Waals surface area contributed by atoms with Crippen LogP contribution in [-0.4, -0.2) is 24.0 Å². The van der Waals surface area contributed by atoms with E-state index >= 15 is 0 Å². The Morgan fingerprint density at radius 1 is 1.13 bits per heavy atom. The zero-order valence-corrected chi connectivity index (χ0v) is 11.5. The van der Waals surface area contributed by atoms with Crippen LogP contribution in [0.4, 0.5) is 0 Å². The molecule has 1 nitrogen and oxygen atoms in total. The summed E-state index contributed by atoms with van der Waals surface area (Å²) in [6.07, 6.45) is 1.41. The fourth-order valence-corrected chi connectivity index (χ4v) is 2.46. The first-order chi connectivity index (χ1) is 6.91. The Hall–Kier alpha value is -0.0400. The largest absolute Gasteiger partial charge is 0.300 e. The minimum Gasteiger partial charge on any atom is -0.300 e. The first kappa shape index (κ1) is 13.0. The van der Waals surface area contributed by atoms with Gasteiger partial charge in [0.05, 0.1) is 0 Å². The van der Waals surface area contributed by atoms with Gasteiger partial charge in [0.15, 0.2) is 0 Å². The van der Waals surface area contributed by atoms with Crippen molar-refractivity contribution in [3.05, 3.63) is 0 Å². The molecule has 1 fully saturated rings. The van der Waals surface area contributed by atoms with Gasteiger partial charge in [-0.15, -0.1) is 0 Å². The molecule has 0 amide bonds. The van der Waals surface area contributed by atoms with E-state index in [1.54, 1.807) is 0 Å². The van der Waals surface area contributed by atoms with Crippen molar-refractivity contribution in [3.63, 3.8) is 0 Å². The first-order valence-corrected chi connectivity index (χ1v) is 6.65. The second-order valence-corrected chi connectivity index (χ2v) is 6.26. The molecule has 1 heterocycles. The third kappa shape index (κ3) is 3.48. The molecule has 3 atom stereocenters. The molecule has 0 aromatic rings. The van der Waals surface area contributed by atoms with Gasteiger partial charge < -0.3 is 4.90 Å². The lowest BCUT2D eigenvalue weighted by atomic mass is 9.94. The van der Waals surface area contributed by atoms with Crippen LogP contribution in [-0.2, 0) is 0 Å². The van der Waals surface area contributed by atoms with Gasteiger partial charge in [0.1, 0.15) is 0 Å². The topological polar surface area (TPSA) is 3.24 Å². The highest BCUT2D eigenvalue weighted by Crippen LogP contribution is 2.29. The standard InChI is InChI=1S/C14H29N/c1-10(2)12(5)8-15-9-14(11(3)4)7-13(15)6/h10-14H,7-9H2,1-6H3/t12-,13?,14?/m0/s1. The number of rotatable bonds is 4. The van der Waals surface area contributed by atoms with Crippen LogP contribution >= 0.6 is 0 Å². The Morgan fingerprint density at radius 2 is 1.73 bits per heavy atom. The van der Waals surface area contributed by atoms with Crippen LogP contribution in [0, 0.1) is 23.7 Å². The van der Waals surface area contributed by atoms with Gasteiger partial charge in [-0.25, -0.2) is 0 Å². The second kappa shape index (κ2) is 5.34. The Morgan fingerprint density at radius 3 is 2.13 bits per heavy atom. The summed E-state index contributed by atoms with van der Waals surface area (Å²) in [4.78, 5) is 2.70. The summed E-state index contributed by atoms with van der Waals surface area (Å²) in [5, 5.41) is 0. The van der Waals surface area contributed by atoms with Gasteiger partial charge in [-0.1, -0.05) is 34.6 Å². The highest BCUT2D eigenvalue weighted by atomic mass is 15.2. The van der Waals surface area contributed by atoms with E-state index in [2.05, 4.69) is 46.4 Å². The molecule has 0 bridgehead atoms. The summed E-state index contributed by atoms with van der Waals surface area (Å²) in [5.41, 5.74) is 0. The molecule has 0 radical (unpaired) electrons. The lowest BCUT2D eigenvalue weighted by Crippen LogP contribution is -2.33. The smallest absolute Gasteiger partial charge is 0.00703 e. The van der Waals surface area contributed by atoms with Crippen molar-refractivity contribution in [1.82, 2.24) is 4.90 Å². The molecule has 1 aliphatic heterocycles. The first-order valence-electron chi connectivity index (χ1n) is 6.65. The number of likely N-dealkylation sites (tertiary alicyclic amines) is 1. The molecular formula is C14H29N. The number of nitrogens with zero attached hydrogens (tertiary/aromatic N) is 1. The monoisotopic (exact) mass is 211 g/mol. The number of hydrogen-bond donors (Lipinski definition) is 0. The highest BCUT2D eigenvalue weighted by molar-refractivity contribution is 4.84. The van der Waals surface area contributed by atoms with Gasteiger partial charge in [0, 0.05) is 19.1 Å². The molecule has 0 N–H and O–H groups in total. The van der Waals surface area contributed by atoms with Gasteiger partial charge >= 0.3 is 0 Å². The highest BCUT2D eigenvalue weighted by Gasteiger charge is 2.31. The summed E-state index contributed by atoms with van der Waals surface area (Å²) < 4.78 is 0. The maximum absolute atomic E-state index is 2.70. The minimum absolute atomic E-state index is 0.804. The lowest BCUT2D eigenvalue weighted by molar-refractivity contribution is 0.200. The molecule has 90 valence electrons. The van der Waals surface area contributed by atoms with Gasteiger partial charge in [-0.3, -0.25) is 0 Å². The molecule has 0 aliphatic carbocycles. The summed E-state index contributed by atoms with van der Waals surface area (Å²) in [6, 6.07) is 0.804. The third-order valence-corrected chi connectivity index (χ3v) is 4.34. The summed E-state index contributed by atoms with van der Waals surface area (Å²) in [6.45, 7) is 16.8. The Labute approximate surface area is 96.2 Å². The molecule has 0 saturated carbocycles. The van der Waals surface area contributed by atoms with E-state index in [9.17, 15) is 0 Å². The summed E-state index contributed by atoms with van der Waals surface area (Å²) >= 11 is 0. The third-order valence-electron chi connectivity index (χ3n) is 4.34. The normalized spacial score (nSPS) is 30.4. The molecule has 0 aromatic heterocycles. The van der Waals surface area contributed by atoms with Crippen LogP contribution in [0.15, 0.2) is 0 Å². The predicted octanol–water partition coefficient (Wildman–Crippen LogP) is 3.64. The van der Waals surface area contributed by atoms with Crippen LogP contribution in [0.2, 0.25) is 0 Å². The molecule has 1 aliphatic rings. The fourth-order valence-electron chi connectivity index (χ4n) is 2.46. The fraction of sp³-hybridized carbons (Fsp3) is 1.00. The molecular weight excluding hydrogens is 182 g/mol. The van der Waals surface area contributed by atoms with Crippen molar-refractivity contribution in [2.45, 2.75) is 54.0 Å². The van der Waals surface area contributed by atoms with Crippen LogP contribution in [0.3, 0.4) is 0 Å². The second-order valence-electron chi connectivity index (χ2n) is 6.26. The molecule has 2 unspecified atom stereocenters. The van der Waals surface area contributed by atoms with Crippen LogP contribution in [0.5, 0.6) is 0 Å². The zero-order valence-electron chi connectivity index (χ0n) is 11.5. The zero-order chi connectivity index (χ0) is 11.6. The van der Waals surface area contributed by atoms with Crippen molar-refractivity contribution >= 4 is 0 Å². The molecule has 0 spiro atoms. The molecule has 0 aromatic carbocycles. The quantitative estimate of drug-likeness (QED) is 0.686. The van der Waals surface area contributed by atoms with E-state index in [-0.39, 0.29) is 0 Å². The number of hydrogen-bond acceptors (Lipinski definition) is 1. The van der Waals surface area contributed by atoms with Crippen LogP contribution < -0.4 is 0 Å². The molecule has 15 heavy (non-hydrogen) atoms. The van der Waals surface area contributed by atoms with Gasteiger partial charge in [-0.05, 0) is 37.0 Å². The van der Waals surface area contributed by atoms with Crippen molar-refractivity contribution in [2.24, 2.45) is 23.7 Å². The Kier molecular flexibility index (Phi) is 4.64. The summed E-state index contributed by atoms with van der Waals surface area (Å²) in [5.74, 6) is 3.43. The van der Waals surface area contributed by atoms with E-state index in [0.29, 0.717) is 0 Å². The van der Waals surface area contributed by atoms with Crippen LogP contribution in [0.25, 0.3) is 0 Å². The maximum atomic E-state index is 2.70. The van der Waals surface area contributed by atoms with Crippen molar-refractivity contribution < 1.29 is 0 Å². The van der Waals surface area contributed by atoms with Gasteiger partial charge in [0.2, 0.25) is 0 Å². The van der Waals surface area contributed by atoms with E-state index in [0.717, 1.165) is 29.7 Å². The molecule has 1 heteroatoms. The Balaban J connectivity index is 2.43. The maximum Gasteiger partial charge on any atom is 0.00703 e. The van der Waals surface area contributed by atoms with E-state index in [4.69, 9.17) is 0 Å². The average molecular weight is 211 g/mol. The Bertz CT molecular complexity index is 186. The van der Waals surface area contributed by atoms with Gasteiger partial charge in [0.25, 0.3) is 0 Å². The minimum atomic E-state index is 0.804. The van der Waals surface area contributed by atoms with Crippen LogP contribution in [0.1, 0.15) is 48.0 Å². The lowest BCUT2D eigenvalue weighted by Gasteiger charge is -2.27. The SMILES string of the molecule is CC(C)C1CC(C)N(C[C@H](C)C(C)C)C1.